The number of carboxylic acid groups (broad SMARTS) is 1. The van der Waals surface area contributed by atoms with E-state index in [4.69, 9.17) is 0 Å². The normalized spacial score (nSPS) is 26.5. The molecule has 1 N–H and O–H groups in total. The highest BCUT2D eigenvalue weighted by atomic mass is 19.4. The maximum Gasteiger partial charge on any atom is 0.416 e. The minimum absolute atomic E-state index is 0.0675. The van der Waals surface area contributed by atoms with Crippen molar-refractivity contribution in [2.24, 2.45) is 5.92 Å². The number of carbonyl (C=O) groups excluding carboxylic acids is 1. The van der Waals surface area contributed by atoms with Gasteiger partial charge < -0.3 is 14.9 Å². The Balaban J connectivity index is 1.50. The number of hydrogen-bond donors (Lipinski definition) is 1. The van der Waals surface area contributed by atoms with Crippen LogP contribution in [0.3, 0.4) is 0 Å². The van der Waals surface area contributed by atoms with Crippen LogP contribution in [0.2, 0.25) is 0 Å². The summed E-state index contributed by atoms with van der Waals surface area (Å²) in [4.78, 5) is 30.0. The molecule has 2 atom stereocenters. The Morgan fingerprint density at radius 1 is 1.03 bits per heavy atom. The summed E-state index contributed by atoms with van der Waals surface area (Å²) in [7, 11) is 0. The summed E-state index contributed by atoms with van der Waals surface area (Å²) in [5, 5.41) is 9.48. The van der Waals surface area contributed by atoms with E-state index in [-0.39, 0.29) is 31.0 Å². The highest BCUT2D eigenvalue weighted by Gasteiger charge is 2.49. The second kappa shape index (κ2) is 10.1. The van der Waals surface area contributed by atoms with E-state index in [1.807, 2.05) is 25.7 Å². The highest BCUT2D eigenvalue weighted by Crippen LogP contribution is 2.41. The molecule has 3 fully saturated rings. The molecular weight excluding hydrogens is 490 g/mol. The zero-order valence-corrected chi connectivity index (χ0v) is 21.8. The molecule has 0 radical (unpaired) electrons. The van der Waals surface area contributed by atoms with Crippen LogP contribution >= 0.6 is 0 Å². The molecule has 206 valence electrons. The number of piperidine rings is 2. The molecule has 1 aromatic carbocycles. The van der Waals surface area contributed by atoms with Gasteiger partial charge in [0.05, 0.1) is 11.5 Å². The molecule has 0 bridgehead atoms. The van der Waals surface area contributed by atoms with Crippen molar-refractivity contribution >= 4 is 17.6 Å². The van der Waals surface area contributed by atoms with Gasteiger partial charge in [0.25, 0.3) is 5.91 Å². The number of amides is 1. The average Bonchev–Trinajstić information content (AvgIpc) is 3.27. The lowest BCUT2D eigenvalue weighted by Gasteiger charge is -2.39. The number of anilines is 1. The maximum absolute atomic E-state index is 15.7. The number of aliphatic carboxylic acids is 1. The summed E-state index contributed by atoms with van der Waals surface area (Å²) < 4.78 is 56.3. The lowest BCUT2D eigenvalue weighted by molar-refractivity contribution is -0.144. The van der Waals surface area contributed by atoms with Crippen molar-refractivity contribution in [2.75, 3.05) is 44.2 Å². The van der Waals surface area contributed by atoms with Crippen LogP contribution in [0.5, 0.6) is 0 Å². The molecule has 6 nitrogen and oxygen atoms in total. The van der Waals surface area contributed by atoms with Crippen molar-refractivity contribution < 1.29 is 32.3 Å². The Bertz CT molecular complexity index is 1020. The molecule has 3 saturated heterocycles. The largest absolute Gasteiger partial charge is 0.481 e. The van der Waals surface area contributed by atoms with Gasteiger partial charge in [-0.3, -0.25) is 14.5 Å². The van der Waals surface area contributed by atoms with E-state index in [0.29, 0.717) is 57.5 Å². The van der Waals surface area contributed by atoms with Crippen molar-refractivity contribution in [1.29, 1.82) is 0 Å². The molecule has 0 saturated carbocycles. The van der Waals surface area contributed by atoms with E-state index < -0.39 is 35.2 Å². The second-order valence-electron chi connectivity index (χ2n) is 11.8. The summed E-state index contributed by atoms with van der Waals surface area (Å²) in [6, 6.07) is 3.71. The predicted molar refractivity (Wildman–Crippen MR) is 132 cm³/mol. The molecule has 0 aromatic heterocycles. The van der Waals surface area contributed by atoms with Gasteiger partial charge in [-0.05, 0) is 70.1 Å². The fourth-order valence-corrected chi connectivity index (χ4v) is 5.93. The molecular formula is C27H37F4N3O3. The van der Waals surface area contributed by atoms with Gasteiger partial charge in [-0.25, -0.2) is 4.39 Å². The molecule has 10 heteroatoms. The van der Waals surface area contributed by atoms with Crippen LogP contribution in [0.4, 0.5) is 23.2 Å². The van der Waals surface area contributed by atoms with Crippen LogP contribution in [0, 0.1) is 5.92 Å². The van der Waals surface area contributed by atoms with Gasteiger partial charge in [-0.15, -0.1) is 0 Å². The summed E-state index contributed by atoms with van der Waals surface area (Å²) in [5.41, 5.74) is -1.75. The van der Waals surface area contributed by atoms with E-state index in [0.717, 1.165) is 17.7 Å². The Kier molecular flexibility index (Phi) is 7.53. The van der Waals surface area contributed by atoms with Crippen LogP contribution in [0.15, 0.2) is 18.2 Å². The summed E-state index contributed by atoms with van der Waals surface area (Å²) in [6.45, 7) is 7.90. The van der Waals surface area contributed by atoms with E-state index in [2.05, 4.69) is 0 Å². The number of rotatable bonds is 4. The monoisotopic (exact) mass is 527 g/mol. The van der Waals surface area contributed by atoms with Crippen molar-refractivity contribution in [3.8, 4) is 0 Å². The molecule has 3 aliphatic heterocycles. The molecule has 1 aromatic rings. The van der Waals surface area contributed by atoms with E-state index in [1.165, 1.54) is 6.07 Å². The van der Waals surface area contributed by atoms with Gasteiger partial charge in [-0.1, -0.05) is 6.07 Å². The SMILES string of the molecule is CC(C)(C)N1CC[C@](F)(C(=O)N2CCC(c3ccc(C(F)(F)F)cc3N3CCC[C@H](C(=O)O)C3)CC2)C1. The molecule has 0 aliphatic carbocycles. The number of halogens is 4. The van der Waals surface area contributed by atoms with Gasteiger partial charge in [0.2, 0.25) is 5.67 Å². The van der Waals surface area contributed by atoms with Crippen LogP contribution in [0.25, 0.3) is 0 Å². The van der Waals surface area contributed by atoms with Crippen LogP contribution in [-0.2, 0) is 15.8 Å². The first-order chi connectivity index (χ1) is 17.2. The summed E-state index contributed by atoms with van der Waals surface area (Å²) in [6.07, 6.45) is -2.24. The molecule has 0 spiro atoms. The van der Waals surface area contributed by atoms with Crippen molar-refractivity contribution in [3.63, 3.8) is 0 Å². The Labute approximate surface area is 215 Å². The maximum atomic E-state index is 15.7. The first-order valence-electron chi connectivity index (χ1n) is 13.1. The van der Waals surface area contributed by atoms with Gasteiger partial charge in [0, 0.05) is 56.9 Å². The van der Waals surface area contributed by atoms with Gasteiger partial charge >= 0.3 is 12.1 Å². The summed E-state index contributed by atoms with van der Waals surface area (Å²) >= 11 is 0. The molecule has 3 heterocycles. The number of carbonyl (C=O) groups is 2. The van der Waals surface area contributed by atoms with Gasteiger partial charge in [0.15, 0.2) is 0 Å². The van der Waals surface area contributed by atoms with E-state index >= 15 is 4.39 Å². The fourth-order valence-electron chi connectivity index (χ4n) is 5.93. The molecule has 4 rings (SSSR count). The van der Waals surface area contributed by atoms with Crippen LogP contribution < -0.4 is 4.90 Å². The molecule has 3 aliphatic rings. The standard InChI is InChI=1S/C27H37F4N3O3/c1-25(2,3)34-14-10-26(28,17-34)24(37)32-12-8-18(9-13-32)21-7-6-20(27(29,30)31)15-22(21)33-11-4-5-19(16-33)23(35)36/h6-7,15,18-19H,4-5,8-14,16-17H2,1-3H3,(H,35,36)/t19-,26+/m0/s1. The first kappa shape index (κ1) is 27.7. The lowest BCUT2D eigenvalue weighted by Crippen LogP contribution is -2.51. The number of alkyl halides is 4. The Morgan fingerprint density at radius 3 is 2.27 bits per heavy atom. The van der Waals surface area contributed by atoms with Crippen LogP contribution in [0.1, 0.15) is 69.9 Å². The molecule has 1 amide bonds. The number of nitrogens with zero attached hydrogens (tertiary/aromatic N) is 3. The predicted octanol–water partition coefficient (Wildman–Crippen LogP) is 4.92. The number of hydrogen-bond acceptors (Lipinski definition) is 4. The third-order valence-electron chi connectivity index (χ3n) is 8.24. The lowest BCUT2D eigenvalue weighted by atomic mass is 9.86. The quantitative estimate of drug-likeness (QED) is 0.563. The Hall–Kier alpha value is -2.36. The zero-order valence-electron chi connectivity index (χ0n) is 21.8. The summed E-state index contributed by atoms with van der Waals surface area (Å²) in [5.74, 6) is -2.17. The van der Waals surface area contributed by atoms with Gasteiger partial charge in [0.1, 0.15) is 0 Å². The van der Waals surface area contributed by atoms with Crippen molar-refractivity contribution in [2.45, 2.75) is 76.2 Å². The van der Waals surface area contributed by atoms with E-state index in [1.54, 1.807) is 9.80 Å². The minimum atomic E-state index is -4.51. The topological polar surface area (TPSA) is 64.1 Å². The molecule has 37 heavy (non-hydrogen) atoms. The third kappa shape index (κ3) is 5.89. The first-order valence-corrected chi connectivity index (χ1v) is 13.1. The smallest absolute Gasteiger partial charge is 0.416 e. The van der Waals surface area contributed by atoms with Crippen molar-refractivity contribution in [1.82, 2.24) is 9.80 Å². The number of carboxylic acids is 1. The van der Waals surface area contributed by atoms with Gasteiger partial charge in [-0.2, -0.15) is 13.2 Å². The second-order valence-corrected chi connectivity index (χ2v) is 11.8. The third-order valence-corrected chi connectivity index (χ3v) is 8.24. The van der Waals surface area contributed by atoms with E-state index in [9.17, 15) is 27.9 Å². The Morgan fingerprint density at radius 2 is 1.70 bits per heavy atom. The van der Waals surface area contributed by atoms with Crippen molar-refractivity contribution in [3.05, 3.63) is 29.3 Å². The zero-order chi connectivity index (χ0) is 27.2. The molecule has 0 unspecified atom stereocenters. The average molecular weight is 528 g/mol. The fraction of sp³-hybridized carbons (Fsp3) is 0.704. The highest BCUT2D eigenvalue weighted by molar-refractivity contribution is 5.86. The van der Waals surface area contributed by atoms with Crippen LogP contribution in [-0.4, -0.2) is 77.3 Å². The minimum Gasteiger partial charge on any atom is -0.481 e. The number of likely N-dealkylation sites (tertiary alicyclic amines) is 2. The number of benzene rings is 1.